The summed E-state index contributed by atoms with van der Waals surface area (Å²) in [5.41, 5.74) is 1.37. The summed E-state index contributed by atoms with van der Waals surface area (Å²) in [6.45, 7) is 9.99. The fraction of sp³-hybridized carbons (Fsp3) is 0.696. The molecule has 1 aromatic carbocycles. The number of rotatable bonds is 7. The van der Waals surface area contributed by atoms with Crippen LogP contribution in [0.15, 0.2) is 35.3 Å². The average Bonchev–Trinajstić information content (AvgIpc) is 3.23. The molecule has 2 unspecified atom stereocenters. The molecule has 1 aromatic rings. The van der Waals surface area contributed by atoms with Crippen LogP contribution in [-0.2, 0) is 6.42 Å². The van der Waals surface area contributed by atoms with Gasteiger partial charge in [-0.3, -0.25) is 9.89 Å². The van der Waals surface area contributed by atoms with Gasteiger partial charge in [-0.2, -0.15) is 13.2 Å². The van der Waals surface area contributed by atoms with Crippen LogP contribution in [-0.4, -0.2) is 91.8 Å². The van der Waals surface area contributed by atoms with E-state index in [1.165, 1.54) is 17.4 Å². The van der Waals surface area contributed by atoms with Gasteiger partial charge in [0.25, 0.3) is 0 Å². The van der Waals surface area contributed by atoms with Gasteiger partial charge in [0.05, 0.1) is 0 Å². The van der Waals surface area contributed by atoms with Crippen molar-refractivity contribution in [3.8, 4) is 0 Å². The van der Waals surface area contributed by atoms with Crippen molar-refractivity contribution in [2.45, 2.75) is 38.9 Å². The van der Waals surface area contributed by atoms with Crippen LogP contribution in [0.1, 0.15) is 25.8 Å². The smallest absolute Gasteiger partial charge is 0.357 e. The van der Waals surface area contributed by atoms with Gasteiger partial charge in [-0.05, 0) is 44.7 Å². The van der Waals surface area contributed by atoms with Crippen molar-refractivity contribution < 1.29 is 13.2 Å². The molecule has 0 bridgehead atoms. The van der Waals surface area contributed by atoms with E-state index in [9.17, 15) is 13.2 Å². The highest BCUT2D eigenvalue weighted by molar-refractivity contribution is 14.0. The van der Waals surface area contributed by atoms with Gasteiger partial charge in [-0.25, -0.2) is 0 Å². The highest BCUT2D eigenvalue weighted by atomic mass is 127. The molecule has 2 fully saturated rings. The van der Waals surface area contributed by atoms with Crippen molar-refractivity contribution in [3.63, 3.8) is 0 Å². The number of alkyl halides is 3. The summed E-state index contributed by atoms with van der Waals surface area (Å²) in [5.74, 6) is 1.38. The predicted octanol–water partition coefficient (Wildman–Crippen LogP) is 3.70. The summed E-state index contributed by atoms with van der Waals surface area (Å²) in [6.07, 6.45) is -1.95. The van der Waals surface area contributed by atoms with Crippen LogP contribution in [0, 0.1) is 5.92 Å². The van der Waals surface area contributed by atoms with Crippen molar-refractivity contribution in [2.75, 3.05) is 58.9 Å². The molecule has 2 saturated heterocycles. The predicted molar refractivity (Wildman–Crippen MR) is 135 cm³/mol. The quantitative estimate of drug-likeness (QED) is 0.310. The van der Waals surface area contributed by atoms with E-state index in [-0.39, 0.29) is 24.0 Å². The lowest BCUT2D eigenvalue weighted by Crippen LogP contribution is -2.56. The normalized spacial score (nSPS) is 22.0. The summed E-state index contributed by atoms with van der Waals surface area (Å²) < 4.78 is 39.0. The molecule has 9 heteroatoms. The Kier molecular flexibility index (Phi) is 11.0. The van der Waals surface area contributed by atoms with Gasteiger partial charge in [0.2, 0.25) is 0 Å². The molecular formula is C23H37F3IN5. The highest BCUT2D eigenvalue weighted by Gasteiger charge is 2.41. The largest absolute Gasteiger partial charge is 0.403 e. The Morgan fingerprint density at radius 2 is 1.81 bits per heavy atom. The Bertz CT molecular complexity index is 693. The first-order valence-corrected chi connectivity index (χ1v) is 11.5. The maximum absolute atomic E-state index is 13.0. The number of likely N-dealkylation sites (tertiary alicyclic amines) is 1. The molecule has 0 saturated carbocycles. The number of hydrogen-bond acceptors (Lipinski definition) is 3. The van der Waals surface area contributed by atoms with Crippen LogP contribution < -0.4 is 5.32 Å². The molecule has 0 radical (unpaired) electrons. The SMILES string of the molecule is CCNC(=NCC1CCN(CCc2ccccc2)C1)N1CCN(C(C)C(F)(F)F)CC1.I. The molecule has 3 rings (SSSR count). The second-order valence-corrected chi connectivity index (χ2v) is 8.63. The molecule has 32 heavy (non-hydrogen) atoms. The molecule has 0 aliphatic carbocycles. The molecular weight excluding hydrogens is 530 g/mol. The average molecular weight is 567 g/mol. The van der Waals surface area contributed by atoms with Gasteiger partial charge in [0.1, 0.15) is 6.04 Å². The van der Waals surface area contributed by atoms with Gasteiger partial charge in [0.15, 0.2) is 5.96 Å². The molecule has 0 aromatic heterocycles. The van der Waals surface area contributed by atoms with E-state index in [0.29, 0.717) is 32.1 Å². The molecule has 1 N–H and O–H groups in total. The van der Waals surface area contributed by atoms with E-state index in [1.54, 1.807) is 0 Å². The minimum atomic E-state index is -4.17. The second-order valence-electron chi connectivity index (χ2n) is 8.63. The van der Waals surface area contributed by atoms with Crippen LogP contribution in [0.4, 0.5) is 13.2 Å². The van der Waals surface area contributed by atoms with Gasteiger partial charge >= 0.3 is 6.18 Å². The number of halogens is 4. The number of aliphatic imine (C=N–C) groups is 1. The molecule has 2 heterocycles. The third-order valence-electron chi connectivity index (χ3n) is 6.40. The molecule has 2 atom stereocenters. The highest BCUT2D eigenvalue weighted by Crippen LogP contribution is 2.25. The van der Waals surface area contributed by atoms with Crippen molar-refractivity contribution in [3.05, 3.63) is 35.9 Å². The van der Waals surface area contributed by atoms with E-state index >= 15 is 0 Å². The zero-order chi connectivity index (χ0) is 22.3. The Morgan fingerprint density at radius 3 is 2.44 bits per heavy atom. The van der Waals surface area contributed by atoms with Crippen LogP contribution in [0.3, 0.4) is 0 Å². The lowest BCUT2D eigenvalue weighted by atomic mass is 10.1. The van der Waals surface area contributed by atoms with Crippen LogP contribution >= 0.6 is 24.0 Å². The van der Waals surface area contributed by atoms with Crippen LogP contribution in [0.2, 0.25) is 0 Å². The fourth-order valence-corrected chi connectivity index (χ4v) is 4.37. The van der Waals surface area contributed by atoms with E-state index in [4.69, 9.17) is 4.99 Å². The van der Waals surface area contributed by atoms with E-state index < -0.39 is 12.2 Å². The number of nitrogens with one attached hydrogen (secondary N) is 1. The Labute approximate surface area is 207 Å². The molecule has 182 valence electrons. The number of benzene rings is 1. The summed E-state index contributed by atoms with van der Waals surface area (Å²) in [7, 11) is 0. The number of piperazine rings is 1. The minimum absolute atomic E-state index is 0. The number of nitrogens with zero attached hydrogens (tertiary/aromatic N) is 4. The lowest BCUT2D eigenvalue weighted by Gasteiger charge is -2.39. The number of hydrogen-bond donors (Lipinski definition) is 1. The van der Waals surface area contributed by atoms with Gasteiger partial charge in [-0.15, -0.1) is 24.0 Å². The first-order valence-electron chi connectivity index (χ1n) is 11.5. The van der Waals surface area contributed by atoms with Crippen molar-refractivity contribution in [1.29, 1.82) is 0 Å². The summed E-state index contributed by atoms with van der Waals surface area (Å²) in [6, 6.07) is 9.18. The second kappa shape index (κ2) is 13.0. The minimum Gasteiger partial charge on any atom is -0.357 e. The topological polar surface area (TPSA) is 34.1 Å². The summed E-state index contributed by atoms with van der Waals surface area (Å²) >= 11 is 0. The first kappa shape index (κ1) is 27.2. The summed E-state index contributed by atoms with van der Waals surface area (Å²) in [5, 5.41) is 3.33. The van der Waals surface area contributed by atoms with Gasteiger partial charge < -0.3 is 15.1 Å². The van der Waals surface area contributed by atoms with Crippen LogP contribution in [0.5, 0.6) is 0 Å². The van der Waals surface area contributed by atoms with E-state index in [2.05, 4.69) is 39.4 Å². The zero-order valence-electron chi connectivity index (χ0n) is 19.2. The standard InChI is InChI=1S/C23H36F3N5.HI/c1-3-27-22(31-15-13-30(14-16-31)19(2)23(24,25)26)28-17-21-10-12-29(18-21)11-9-20-7-5-4-6-8-20;/h4-8,19,21H,3,9-18H2,1-2H3,(H,27,28);1H. The third-order valence-corrected chi connectivity index (χ3v) is 6.40. The third kappa shape index (κ3) is 8.06. The van der Waals surface area contributed by atoms with E-state index in [0.717, 1.165) is 51.5 Å². The maximum Gasteiger partial charge on any atom is 0.403 e. The fourth-order valence-electron chi connectivity index (χ4n) is 4.37. The van der Waals surface area contributed by atoms with Gasteiger partial charge in [-0.1, -0.05) is 30.3 Å². The van der Waals surface area contributed by atoms with Crippen molar-refractivity contribution in [2.24, 2.45) is 10.9 Å². The summed E-state index contributed by atoms with van der Waals surface area (Å²) in [4.78, 5) is 11.0. The monoisotopic (exact) mass is 567 g/mol. The molecule has 2 aliphatic rings. The molecule has 2 aliphatic heterocycles. The molecule has 5 nitrogen and oxygen atoms in total. The zero-order valence-corrected chi connectivity index (χ0v) is 21.5. The Hall–Kier alpha value is -1.07. The van der Waals surface area contributed by atoms with Crippen molar-refractivity contribution >= 4 is 29.9 Å². The Morgan fingerprint density at radius 1 is 1.12 bits per heavy atom. The number of guanidine groups is 1. The molecule has 0 spiro atoms. The first-order chi connectivity index (χ1) is 14.9. The van der Waals surface area contributed by atoms with Crippen molar-refractivity contribution in [1.82, 2.24) is 20.0 Å². The van der Waals surface area contributed by atoms with Gasteiger partial charge in [0, 0.05) is 52.4 Å². The maximum atomic E-state index is 13.0. The van der Waals surface area contributed by atoms with E-state index in [1.807, 2.05) is 13.0 Å². The Balaban J connectivity index is 0.00000363. The molecule has 0 amide bonds. The lowest BCUT2D eigenvalue weighted by molar-refractivity contribution is -0.181. The van der Waals surface area contributed by atoms with Crippen LogP contribution in [0.25, 0.3) is 0 Å².